The van der Waals surface area contributed by atoms with Crippen LogP contribution < -0.4 is 10.1 Å². The van der Waals surface area contributed by atoms with E-state index >= 15 is 0 Å². The molecule has 0 spiro atoms. The molecule has 0 aliphatic rings. The van der Waals surface area contributed by atoms with Crippen LogP contribution in [0.2, 0.25) is 0 Å². The summed E-state index contributed by atoms with van der Waals surface area (Å²) in [5, 5.41) is 3.33. The lowest BCUT2D eigenvalue weighted by atomic mass is 10.2. The van der Waals surface area contributed by atoms with Gasteiger partial charge in [0.05, 0.1) is 24.5 Å². The molecule has 0 saturated heterocycles. The van der Waals surface area contributed by atoms with Gasteiger partial charge in [0, 0.05) is 10.7 Å². The van der Waals surface area contributed by atoms with E-state index in [-0.39, 0.29) is 0 Å². The van der Waals surface area contributed by atoms with E-state index in [4.69, 9.17) is 4.74 Å². The lowest BCUT2D eigenvalue weighted by Gasteiger charge is -2.11. The molecule has 1 aromatic heterocycles. The van der Waals surface area contributed by atoms with Crippen LogP contribution >= 0.6 is 15.9 Å². The van der Waals surface area contributed by atoms with E-state index in [0.29, 0.717) is 13.2 Å². The number of nitrogens with zero attached hydrogens (tertiary/aromatic N) is 1. The molecule has 2 rings (SSSR count). The largest absolute Gasteiger partial charge is 0.492 e. The first-order valence-electron chi connectivity index (χ1n) is 5.85. The molecule has 0 aliphatic heterocycles. The Morgan fingerprint density at radius 1 is 1.22 bits per heavy atom. The minimum atomic E-state index is 0.662. The van der Waals surface area contributed by atoms with Crippen LogP contribution in [0, 0.1) is 0 Å². The van der Waals surface area contributed by atoms with Gasteiger partial charge < -0.3 is 10.1 Å². The van der Waals surface area contributed by atoms with Gasteiger partial charge in [-0.2, -0.15) is 0 Å². The third-order valence-electron chi connectivity index (χ3n) is 2.44. The van der Waals surface area contributed by atoms with Crippen LogP contribution in [0.15, 0.2) is 47.1 Å². The Morgan fingerprint density at radius 3 is 2.78 bits per heavy atom. The maximum Gasteiger partial charge on any atom is 0.142 e. The van der Waals surface area contributed by atoms with E-state index < -0.39 is 0 Å². The zero-order chi connectivity index (χ0) is 12.8. The molecule has 0 unspecified atom stereocenters. The number of hydrogen-bond donors (Lipinski definition) is 1. The predicted molar refractivity (Wildman–Crippen MR) is 76.9 cm³/mol. The molecule has 2 aromatic rings. The van der Waals surface area contributed by atoms with Gasteiger partial charge in [0.2, 0.25) is 0 Å². The molecule has 0 saturated carbocycles. The molecule has 1 aromatic carbocycles. The number of ether oxygens (including phenoxy) is 1. The molecule has 0 amide bonds. The van der Waals surface area contributed by atoms with Crippen LogP contribution in [0.1, 0.15) is 12.6 Å². The van der Waals surface area contributed by atoms with Gasteiger partial charge in [0.25, 0.3) is 0 Å². The molecule has 18 heavy (non-hydrogen) atoms. The Kier molecular flexibility index (Phi) is 4.59. The van der Waals surface area contributed by atoms with Crippen molar-refractivity contribution in [1.82, 2.24) is 4.98 Å². The van der Waals surface area contributed by atoms with Gasteiger partial charge >= 0.3 is 0 Å². The third-order valence-corrected chi connectivity index (χ3v) is 2.90. The van der Waals surface area contributed by atoms with E-state index in [1.165, 1.54) is 0 Å². The minimum absolute atomic E-state index is 0.662. The first-order valence-corrected chi connectivity index (χ1v) is 6.65. The highest BCUT2D eigenvalue weighted by Crippen LogP contribution is 2.24. The van der Waals surface area contributed by atoms with E-state index in [9.17, 15) is 0 Å². The van der Waals surface area contributed by atoms with Gasteiger partial charge in [-0.15, -0.1) is 0 Å². The number of benzene rings is 1. The summed E-state index contributed by atoms with van der Waals surface area (Å²) in [6, 6.07) is 11.9. The van der Waals surface area contributed by atoms with Crippen LogP contribution in [0.5, 0.6) is 5.75 Å². The lowest BCUT2D eigenvalue weighted by molar-refractivity contribution is 0.341. The maximum atomic E-state index is 5.55. The van der Waals surface area contributed by atoms with Crippen molar-refractivity contribution in [2.45, 2.75) is 13.5 Å². The number of rotatable bonds is 5. The SMILES string of the molecule is CCOc1ccccc1NCc1ccc(Br)cn1. The second-order valence-electron chi connectivity index (χ2n) is 3.75. The smallest absolute Gasteiger partial charge is 0.142 e. The van der Waals surface area contributed by atoms with E-state index in [1.54, 1.807) is 6.20 Å². The number of halogens is 1. The van der Waals surface area contributed by atoms with Crippen molar-refractivity contribution in [3.05, 3.63) is 52.8 Å². The van der Waals surface area contributed by atoms with Gasteiger partial charge in [-0.25, -0.2) is 0 Å². The summed E-state index contributed by atoms with van der Waals surface area (Å²) in [4.78, 5) is 4.32. The molecule has 0 fully saturated rings. The Labute approximate surface area is 115 Å². The van der Waals surface area contributed by atoms with Crippen LogP contribution in [-0.2, 0) is 6.54 Å². The third kappa shape index (κ3) is 3.47. The Balaban J connectivity index is 2.03. The number of pyridine rings is 1. The predicted octanol–water partition coefficient (Wildman–Crippen LogP) is 3.85. The molecular formula is C14H15BrN2O. The number of para-hydroxylation sites is 2. The normalized spacial score (nSPS) is 10.1. The van der Waals surface area contributed by atoms with Gasteiger partial charge in [-0.05, 0) is 47.1 Å². The summed E-state index contributed by atoms with van der Waals surface area (Å²) >= 11 is 3.37. The Hall–Kier alpha value is -1.55. The van der Waals surface area contributed by atoms with Crippen molar-refractivity contribution in [2.75, 3.05) is 11.9 Å². The van der Waals surface area contributed by atoms with Crippen molar-refractivity contribution >= 4 is 21.6 Å². The summed E-state index contributed by atoms with van der Waals surface area (Å²) in [5.74, 6) is 0.872. The van der Waals surface area contributed by atoms with Crippen LogP contribution in [0.4, 0.5) is 5.69 Å². The fraction of sp³-hybridized carbons (Fsp3) is 0.214. The monoisotopic (exact) mass is 306 g/mol. The van der Waals surface area contributed by atoms with Crippen molar-refractivity contribution in [2.24, 2.45) is 0 Å². The quantitative estimate of drug-likeness (QED) is 0.911. The van der Waals surface area contributed by atoms with Crippen LogP contribution in [-0.4, -0.2) is 11.6 Å². The summed E-state index contributed by atoms with van der Waals surface area (Å²) < 4.78 is 6.54. The standard InChI is InChI=1S/C14H15BrN2O/c1-2-18-14-6-4-3-5-13(14)17-10-12-8-7-11(15)9-16-12/h3-9,17H,2,10H2,1H3. The molecule has 1 heterocycles. The van der Waals surface area contributed by atoms with E-state index in [0.717, 1.165) is 21.6 Å². The molecule has 0 atom stereocenters. The molecule has 4 heteroatoms. The first-order chi connectivity index (χ1) is 8.79. The van der Waals surface area contributed by atoms with Crippen molar-refractivity contribution in [3.63, 3.8) is 0 Å². The molecule has 0 radical (unpaired) electrons. The average molecular weight is 307 g/mol. The average Bonchev–Trinajstić information content (AvgIpc) is 2.40. The fourth-order valence-electron chi connectivity index (χ4n) is 1.59. The molecular weight excluding hydrogens is 292 g/mol. The highest BCUT2D eigenvalue weighted by atomic mass is 79.9. The highest BCUT2D eigenvalue weighted by molar-refractivity contribution is 9.10. The maximum absolute atomic E-state index is 5.55. The minimum Gasteiger partial charge on any atom is -0.492 e. The number of nitrogens with one attached hydrogen (secondary N) is 1. The second-order valence-corrected chi connectivity index (χ2v) is 4.67. The molecule has 94 valence electrons. The van der Waals surface area contributed by atoms with Crippen molar-refractivity contribution in [1.29, 1.82) is 0 Å². The van der Waals surface area contributed by atoms with E-state index in [2.05, 4.69) is 26.2 Å². The highest BCUT2D eigenvalue weighted by Gasteiger charge is 2.02. The number of aromatic nitrogens is 1. The Morgan fingerprint density at radius 2 is 2.06 bits per heavy atom. The van der Waals surface area contributed by atoms with Crippen molar-refractivity contribution < 1.29 is 4.74 Å². The van der Waals surface area contributed by atoms with Crippen LogP contribution in [0.3, 0.4) is 0 Å². The summed E-state index contributed by atoms with van der Waals surface area (Å²) in [7, 11) is 0. The summed E-state index contributed by atoms with van der Waals surface area (Å²) in [5.41, 5.74) is 1.98. The van der Waals surface area contributed by atoms with E-state index in [1.807, 2.05) is 43.3 Å². The number of anilines is 1. The topological polar surface area (TPSA) is 34.1 Å². The van der Waals surface area contributed by atoms with Gasteiger partial charge in [0.15, 0.2) is 0 Å². The summed E-state index contributed by atoms with van der Waals surface area (Å²) in [6.07, 6.45) is 1.80. The van der Waals surface area contributed by atoms with Crippen molar-refractivity contribution in [3.8, 4) is 5.75 Å². The van der Waals surface area contributed by atoms with Gasteiger partial charge in [-0.1, -0.05) is 12.1 Å². The van der Waals surface area contributed by atoms with Gasteiger partial charge in [0.1, 0.15) is 5.75 Å². The molecule has 1 N–H and O–H groups in total. The fourth-order valence-corrected chi connectivity index (χ4v) is 1.83. The summed E-state index contributed by atoms with van der Waals surface area (Å²) in [6.45, 7) is 3.32. The second kappa shape index (κ2) is 6.40. The van der Waals surface area contributed by atoms with Gasteiger partial charge in [-0.3, -0.25) is 4.98 Å². The lowest BCUT2D eigenvalue weighted by Crippen LogP contribution is -2.03. The van der Waals surface area contributed by atoms with Crippen LogP contribution in [0.25, 0.3) is 0 Å². The zero-order valence-corrected chi connectivity index (χ0v) is 11.8. The number of hydrogen-bond acceptors (Lipinski definition) is 3. The Bertz CT molecular complexity index is 499. The first kappa shape index (κ1) is 12.9. The molecule has 3 nitrogen and oxygen atoms in total. The molecule has 0 aliphatic carbocycles. The molecule has 0 bridgehead atoms. The zero-order valence-electron chi connectivity index (χ0n) is 10.2.